The molecule has 1 unspecified atom stereocenters. The molecular formula is C10H10BrNOS. The molecule has 4 heteroatoms. The Morgan fingerprint density at radius 2 is 2.36 bits per heavy atom. The minimum absolute atomic E-state index is 0.142. The van der Waals surface area contributed by atoms with Crippen molar-refractivity contribution in [3.63, 3.8) is 0 Å². The van der Waals surface area contributed by atoms with E-state index in [1.54, 1.807) is 18.0 Å². The predicted molar refractivity (Wildman–Crippen MR) is 60.4 cm³/mol. The molecule has 1 saturated carbocycles. The molecule has 2 nitrogen and oxygen atoms in total. The Morgan fingerprint density at radius 3 is 2.93 bits per heavy atom. The maximum absolute atomic E-state index is 11.4. The summed E-state index contributed by atoms with van der Waals surface area (Å²) < 4.78 is 0.972. The quantitative estimate of drug-likeness (QED) is 0.828. The summed E-state index contributed by atoms with van der Waals surface area (Å²) in [4.78, 5) is 15.6. The number of aromatic nitrogens is 1. The number of hydrogen-bond donors (Lipinski definition) is 0. The minimum Gasteiger partial charge on any atom is -0.298 e. The van der Waals surface area contributed by atoms with Gasteiger partial charge < -0.3 is 0 Å². The van der Waals surface area contributed by atoms with Gasteiger partial charge in [-0.1, -0.05) is 11.8 Å². The van der Waals surface area contributed by atoms with E-state index in [0.717, 1.165) is 28.8 Å². The third-order valence-electron chi connectivity index (χ3n) is 2.21. The van der Waals surface area contributed by atoms with Crippen LogP contribution in [0, 0.1) is 0 Å². The van der Waals surface area contributed by atoms with Gasteiger partial charge >= 0.3 is 0 Å². The molecule has 1 aliphatic carbocycles. The van der Waals surface area contributed by atoms with Gasteiger partial charge in [-0.2, -0.15) is 0 Å². The molecule has 0 saturated heterocycles. The number of pyridine rings is 1. The Balaban J connectivity index is 2.03. The first-order valence-corrected chi connectivity index (χ1v) is 6.24. The maximum atomic E-state index is 11.4. The normalized spacial score (nSPS) is 21.5. The van der Waals surface area contributed by atoms with Gasteiger partial charge in [0, 0.05) is 17.1 Å². The first kappa shape index (κ1) is 10.2. The number of rotatable bonds is 2. The van der Waals surface area contributed by atoms with E-state index in [4.69, 9.17) is 0 Å². The van der Waals surface area contributed by atoms with Crippen molar-refractivity contribution in [1.29, 1.82) is 0 Å². The van der Waals surface area contributed by atoms with Crippen molar-refractivity contribution < 1.29 is 4.79 Å². The van der Waals surface area contributed by atoms with Crippen LogP contribution in [0.5, 0.6) is 0 Å². The van der Waals surface area contributed by atoms with Gasteiger partial charge in [-0.25, -0.2) is 4.98 Å². The highest BCUT2D eigenvalue weighted by Crippen LogP contribution is 2.31. The van der Waals surface area contributed by atoms with Crippen LogP contribution in [-0.4, -0.2) is 16.0 Å². The Morgan fingerprint density at radius 1 is 1.50 bits per heavy atom. The highest BCUT2D eigenvalue weighted by Gasteiger charge is 2.25. The number of carbonyl (C=O) groups excluding carboxylic acids is 1. The van der Waals surface area contributed by atoms with Gasteiger partial charge in [0.25, 0.3) is 0 Å². The van der Waals surface area contributed by atoms with Crippen molar-refractivity contribution in [2.45, 2.75) is 29.5 Å². The molecular weight excluding hydrogens is 262 g/mol. The summed E-state index contributed by atoms with van der Waals surface area (Å²) in [6, 6.07) is 3.90. The summed E-state index contributed by atoms with van der Waals surface area (Å²) in [6.45, 7) is 0. The van der Waals surface area contributed by atoms with E-state index in [1.807, 2.05) is 12.1 Å². The molecule has 1 atom stereocenters. The van der Waals surface area contributed by atoms with E-state index in [2.05, 4.69) is 20.9 Å². The zero-order chi connectivity index (χ0) is 9.97. The summed E-state index contributed by atoms with van der Waals surface area (Å²) in [5.41, 5.74) is 0. The lowest BCUT2D eigenvalue weighted by atomic mass is 10.3. The van der Waals surface area contributed by atoms with Gasteiger partial charge in [0.1, 0.15) is 5.78 Å². The van der Waals surface area contributed by atoms with E-state index < -0.39 is 0 Å². The number of ketones is 1. The third kappa shape index (κ3) is 2.36. The summed E-state index contributed by atoms with van der Waals surface area (Å²) in [6.07, 6.45) is 4.55. The Hall–Kier alpha value is -0.350. The summed E-state index contributed by atoms with van der Waals surface area (Å²) in [5, 5.41) is 1.08. The first-order chi connectivity index (χ1) is 6.75. The van der Waals surface area contributed by atoms with E-state index in [1.165, 1.54) is 0 Å². The van der Waals surface area contributed by atoms with Gasteiger partial charge in [0.15, 0.2) is 0 Å². The molecule has 0 amide bonds. The van der Waals surface area contributed by atoms with Crippen LogP contribution in [-0.2, 0) is 4.79 Å². The molecule has 1 aliphatic rings. The average Bonchev–Trinajstić information content (AvgIpc) is 2.56. The van der Waals surface area contributed by atoms with Crippen molar-refractivity contribution in [2.75, 3.05) is 0 Å². The van der Waals surface area contributed by atoms with Crippen molar-refractivity contribution >= 4 is 33.5 Å². The molecule has 0 aliphatic heterocycles. The molecule has 0 aromatic carbocycles. The highest BCUT2D eigenvalue weighted by atomic mass is 79.9. The number of nitrogens with zero attached hydrogens (tertiary/aromatic N) is 1. The van der Waals surface area contributed by atoms with Crippen LogP contribution in [0.15, 0.2) is 27.8 Å². The fourth-order valence-corrected chi connectivity index (χ4v) is 2.81. The molecule has 1 aromatic rings. The molecule has 2 rings (SSSR count). The standard InChI is InChI=1S/C10H10BrNOS/c11-7-4-5-10(12-6-7)14-9-3-1-2-8(9)13/h4-6,9H,1-3H2. The van der Waals surface area contributed by atoms with Crippen molar-refractivity contribution in [1.82, 2.24) is 4.98 Å². The van der Waals surface area contributed by atoms with Crippen LogP contribution in [0.2, 0.25) is 0 Å². The first-order valence-electron chi connectivity index (χ1n) is 4.56. The van der Waals surface area contributed by atoms with Gasteiger partial charge in [0.2, 0.25) is 0 Å². The largest absolute Gasteiger partial charge is 0.298 e. The monoisotopic (exact) mass is 271 g/mol. The fraction of sp³-hybridized carbons (Fsp3) is 0.400. The van der Waals surface area contributed by atoms with Gasteiger partial charge in [0.05, 0.1) is 10.3 Å². The molecule has 1 fully saturated rings. The number of thioether (sulfide) groups is 1. The zero-order valence-electron chi connectivity index (χ0n) is 7.57. The van der Waals surface area contributed by atoms with E-state index >= 15 is 0 Å². The fourth-order valence-electron chi connectivity index (χ4n) is 1.49. The Kier molecular flexibility index (Phi) is 3.23. The lowest BCUT2D eigenvalue weighted by Crippen LogP contribution is -2.07. The van der Waals surface area contributed by atoms with Crippen LogP contribution in [0.25, 0.3) is 0 Å². The summed E-state index contributed by atoms with van der Waals surface area (Å²) in [7, 11) is 0. The smallest absolute Gasteiger partial charge is 0.146 e. The Bertz CT molecular complexity index is 338. The van der Waals surface area contributed by atoms with E-state index in [9.17, 15) is 4.79 Å². The molecule has 74 valence electrons. The summed E-state index contributed by atoms with van der Waals surface area (Å²) in [5.74, 6) is 0.375. The van der Waals surface area contributed by atoms with Crippen LogP contribution in [0.3, 0.4) is 0 Å². The summed E-state index contributed by atoms with van der Waals surface area (Å²) >= 11 is 4.92. The maximum Gasteiger partial charge on any atom is 0.146 e. The van der Waals surface area contributed by atoms with Crippen LogP contribution in [0.4, 0.5) is 0 Å². The molecule has 0 bridgehead atoms. The molecule has 14 heavy (non-hydrogen) atoms. The van der Waals surface area contributed by atoms with Crippen molar-refractivity contribution in [3.8, 4) is 0 Å². The highest BCUT2D eigenvalue weighted by molar-refractivity contribution is 9.10. The van der Waals surface area contributed by atoms with Gasteiger partial charge in [-0.3, -0.25) is 4.79 Å². The van der Waals surface area contributed by atoms with E-state index in [-0.39, 0.29) is 5.25 Å². The molecule has 1 aromatic heterocycles. The topological polar surface area (TPSA) is 30.0 Å². The van der Waals surface area contributed by atoms with E-state index in [0.29, 0.717) is 5.78 Å². The van der Waals surface area contributed by atoms with Crippen LogP contribution >= 0.6 is 27.7 Å². The predicted octanol–water partition coefficient (Wildman–Crippen LogP) is 3.06. The number of hydrogen-bond acceptors (Lipinski definition) is 3. The Labute approximate surface area is 95.6 Å². The van der Waals surface area contributed by atoms with Crippen molar-refractivity contribution in [3.05, 3.63) is 22.8 Å². The number of carbonyl (C=O) groups is 1. The third-order valence-corrected chi connectivity index (χ3v) is 3.95. The van der Waals surface area contributed by atoms with Gasteiger partial charge in [-0.15, -0.1) is 0 Å². The minimum atomic E-state index is 0.142. The zero-order valence-corrected chi connectivity index (χ0v) is 9.97. The van der Waals surface area contributed by atoms with Crippen LogP contribution < -0.4 is 0 Å². The molecule has 0 radical (unpaired) electrons. The molecule has 0 spiro atoms. The molecule has 0 N–H and O–H groups in total. The number of Topliss-reactive ketones (excluding diaryl/α,β-unsaturated/α-hetero) is 1. The second-order valence-corrected chi connectivity index (χ2v) is 5.42. The number of halogens is 1. The van der Waals surface area contributed by atoms with Crippen LogP contribution in [0.1, 0.15) is 19.3 Å². The lowest BCUT2D eigenvalue weighted by Gasteiger charge is -2.05. The SMILES string of the molecule is O=C1CCCC1Sc1ccc(Br)cn1. The second kappa shape index (κ2) is 4.45. The average molecular weight is 272 g/mol. The second-order valence-electron chi connectivity index (χ2n) is 3.28. The molecule has 1 heterocycles. The van der Waals surface area contributed by atoms with Crippen molar-refractivity contribution in [2.24, 2.45) is 0 Å². The van der Waals surface area contributed by atoms with Gasteiger partial charge in [-0.05, 0) is 40.9 Å². The lowest BCUT2D eigenvalue weighted by molar-refractivity contribution is -0.116.